The van der Waals surface area contributed by atoms with E-state index in [0.717, 1.165) is 37.7 Å². The van der Waals surface area contributed by atoms with Crippen LogP contribution in [0.5, 0.6) is 11.5 Å². The minimum absolute atomic E-state index is 0.392. The number of rotatable bonds is 7. The number of nitrogens with zero attached hydrogens (tertiary/aromatic N) is 3. The zero-order valence-electron chi connectivity index (χ0n) is 16.0. The molecule has 2 fully saturated rings. The van der Waals surface area contributed by atoms with Gasteiger partial charge in [0.1, 0.15) is 6.61 Å². The number of fused-ring (bicyclic) bond motifs is 1. The predicted molar refractivity (Wildman–Crippen MR) is 103 cm³/mol. The van der Waals surface area contributed by atoms with E-state index < -0.39 is 0 Å². The van der Waals surface area contributed by atoms with E-state index in [-0.39, 0.29) is 0 Å². The molecule has 0 amide bonds. The topological polar surface area (TPSA) is 48.8 Å². The first kappa shape index (κ1) is 18.3. The fourth-order valence-corrected chi connectivity index (χ4v) is 4.27. The van der Waals surface area contributed by atoms with Crippen LogP contribution in [0.25, 0.3) is 0 Å². The molecule has 1 aromatic heterocycles. The molecule has 2 aliphatic rings. The number of hydrogen-bond acceptors (Lipinski definition) is 5. The van der Waals surface area contributed by atoms with Crippen molar-refractivity contribution in [3.63, 3.8) is 0 Å². The highest BCUT2D eigenvalue weighted by molar-refractivity contribution is 5.46. The number of morpholine rings is 1. The van der Waals surface area contributed by atoms with Gasteiger partial charge in [0.2, 0.25) is 0 Å². The van der Waals surface area contributed by atoms with E-state index in [2.05, 4.69) is 22.0 Å². The zero-order chi connectivity index (χ0) is 18.5. The van der Waals surface area contributed by atoms with Crippen molar-refractivity contribution in [1.29, 1.82) is 0 Å². The highest BCUT2D eigenvalue weighted by Gasteiger charge is 2.34. The molecule has 1 aliphatic heterocycles. The van der Waals surface area contributed by atoms with Crippen LogP contribution in [-0.4, -0.2) is 53.5 Å². The lowest BCUT2D eigenvalue weighted by molar-refractivity contribution is -0.0912. The summed E-state index contributed by atoms with van der Waals surface area (Å²) in [5.41, 5.74) is 1.19. The van der Waals surface area contributed by atoms with Crippen LogP contribution in [0.4, 0.5) is 0 Å². The number of imidazole rings is 1. The predicted octanol–water partition coefficient (Wildman–Crippen LogP) is 3.11. The van der Waals surface area contributed by atoms with Crippen molar-refractivity contribution in [2.75, 3.05) is 26.9 Å². The van der Waals surface area contributed by atoms with Crippen molar-refractivity contribution in [3.05, 3.63) is 42.5 Å². The van der Waals surface area contributed by atoms with Gasteiger partial charge in [0.15, 0.2) is 11.5 Å². The Morgan fingerprint density at radius 1 is 1.26 bits per heavy atom. The van der Waals surface area contributed by atoms with Gasteiger partial charge < -0.3 is 18.8 Å². The van der Waals surface area contributed by atoms with Gasteiger partial charge in [-0.2, -0.15) is 0 Å². The molecule has 1 aromatic carbocycles. The Balaban J connectivity index is 1.47. The third-order valence-electron chi connectivity index (χ3n) is 5.66. The Bertz CT molecular complexity index is 717. The maximum Gasteiger partial charge on any atom is 0.165 e. The molecule has 146 valence electrons. The maximum absolute atomic E-state index is 6.18. The van der Waals surface area contributed by atoms with Crippen molar-refractivity contribution < 1.29 is 14.2 Å². The molecule has 0 spiro atoms. The van der Waals surface area contributed by atoms with Gasteiger partial charge in [0, 0.05) is 37.1 Å². The van der Waals surface area contributed by atoms with Crippen LogP contribution in [0.1, 0.15) is 31.2 Å². The second kappa shape index (κ2) is 8.76. The molecule has 4 rings (SSSR count). The summed E-state index contributed by atoms with van der Waals surface area (Å²) in [6.45, 7) is 4.02. The number of aromatic nitrogens is 2. The second-order valence-corrected chi connectivity index (χ2v) is 7.33. The van der Waals surface area contributed by atoms with Crippen LogP contribution in [0.3, 0.4) is 0 Å². The molecule has 0 unspecified atom stereocenters. The summed E-state index contributed by atoms with van der Waals surface area (Å²) < 4.78 is 19.8. The van der Waals surface area contributed by atoms with Gasteiger partial charge in [-0.3, -0.25) is 4.90 Å². The normalized spacial score (nSPS) is 23.0. The van der Waals surface area contributed by atoms with Gasteiger partial charge in [-0.15, -0.1) is 0 Å². The minimum atomic E-state index is 0.392. The molecule has 0 radical (unpaired) electrons. The molecule has 1 saturated carbocycles. The van der Waals surface area contributed by atoms with Crippen LogP contribution >= 0.6 is 0 Å². The van der Waals surface area contributed by atoms with E-state index in [0.29, 0.717) is 18.8 Å². The number of hydrogen-bond donors (Lipinski definition) is 0. The molecule has 0 bridgehead atoms. The molecule has 2 aromatic rings. The Kier molecular flexibility index (Phi) is 5.94. The van der Waals surface area contributed by atoms with Crippen LogP contribution < -0.4 is 9.47 Å². The Morgan fingerprint density at radius 2 is 2.19 bits per heavy atom. The summed E-state index contributed by atoms with van der Waals surface area (Å²) in [4.78, 5) is 6.65. The minimum Gasteiger partial charge on any atom is -0.493 e. The van der Waals surface area contributed by atoms with Crippen LogP contribution in [0, 0.1) is 0 Å². The van der Waals surface area contributed by atoms with E-state index in [4.69, 9.17) is 14.2 Å². The van der Waals surface area contributed by atoms with E-state index in [1.54, 1.807) is 13.3 Å². The van der Waals surface area contributed by atoms with Gasteiger partial charge >= 0.3 is 0 Å². The fourth-order valence-electron chi connectivity index (χ4n) is 4.27. The van der Waals surface area contributed by atoms with Crippen molar-refractivity contribution in [2.24, 2.45) is 0 Å². The van der Waals surface area contributed by atoms with Gasteiger partial charge in [0.25, 0.3) is 0 Å². The molecule has 2 atom stereocenters. The number of para-hydroxylation sites is 1. The van der Waals surface area contributed by atoms with Crippen molar-refractivity contribution in [3.8, 4) is 11.5 Å². The molecule has 6 heteroatoms. The number of benzene rings is 1. The van der Waals surface area contributed by atoms with Crippen LogP contribution in [0.2, 0.25) is 0 Å². The van der Waals surface area contributed by atoms with E-state index in [1.165, 1.54) is 31.2 Å². The first-order valence-electron chi connectivity index (χ1n) is 9.95. The summed E-state index contributed by atoms with van der Waals surface area (Å²) >= 11 is 0. The van der Waals surface area contributed by atoms with Crippen LogP contribution in [0.15, 0.2) is 36.9 Å². The Morgan fingerprint density at radius 3 is 3.04 bits per heavy atom. The summed E-state index contributed by atoms with van der Waals surface area (Å²) in [5.74, 6) is 1.66. The monoisotopic (exact) mass is 371 g/mol. The standard InChI is InChI=1S/C21H29N3O3/c1-25-20-8-4-5-17(21(20)27-13-11-23-10-9-22-16-23)15-24-12-14-26-19-7-3-2-6-18(19)24/h4-5,8-10,16,18-19H,2-3,6-7,11-15H2,1H3/t18-,19-/m1/s1. The molecule has 1 saturated heterocycles. The lowest BCUT2D eigenvalue weighted by atomic mass is 9.90. The highest BCUT2D eigenvalue weighted by atomic mass is 16.5. The van der Waals surface area contributed by atoms with Crippen LogP contribution in [-0.2, 0) is 17.8 Å². The third-order valence-corrected chi connectivity index (χ3v) is 5.66. The lowest BCUT2D eigenvalue weighted by Gasteiger charge is -2.44. The Labute approximate surface area is 161 Å². The summed E-state index contributed by atoms with van der Waals surface area (Å²) in [6.07, 6.45) is 10.9. The molecular formula is C21H29N3O3. The number of methoxy groups -OCH3 is 1. The maximum atomic E-state index is 6.18. The van der Waals surface area contributed by atoms with E-state index in [1.807, 2.05) is 23.2 Å². The first-order chi connectivity index (χ1) is 13.3. The average molecular weight is 371 g/mol. The first-order valence-corrected chi connectivity index (χ1v) is 9.95. The second-order valence-electron chi connectivity index (χ2n) is 7.33. The molecule has 27 heavy (non-hydrogen) atoms. The SMILES string of the molecule is COc1cccc(CN2CCO[C@@H]3CCCC[C@H]32)c1OCCn1ccnc1. The molecule has 6 nitrogen and oxygen atoms in total. The average Bonchev–Trinajstić information content (AvgIpc) is 3.23. The summed E-state index contributed by atoms with van der Waals surface area (Å²) in [6, 6.07) is 6.70. The van der Waals surface area contributed by atoms with Gasteiger partial charge in [-0.25, -0.2) is 4.98 Å². The van der Waals surface area contributed by atoms with Crippen molar-refractivity contribution in [2.45, 2.75) is 50.9 Å². The molecule has 2 heterocycles. The molecular weight excluding hydrogens is 342 g/mol. The number of ether oxygens (including phenoxy) is 3. The molecule has 0 N–H and O–H groups in total. The van der Waals surface area contributed by atoms with Gasteiger partial charge in [0.05, 0.1) is 32.7 Å². The highest BCUT2D eigenvalue weighted by Crippen LogP contribution is 2.35. The summed E-state index contributed by atoms with van der Waals surface area (Å²) in [5, 5.41) is 0. The largest absolute Gasteiger partial charge is 0.493 e. The fraction of sp³-hybridized carbons (Fsp3) is 0.571. The third kappa shape index (κ3) is 4.28. The Hall–Kier alpha value is -2.05. The van der Waals surface area contributed by atoms with Gasteiger partial charge in [-0.05, 0) is 18.9 Å². The lowest BCUT2D eigenvalue weighted by Crippen LogP contribution is -2.52. The van der Waals surface area contributed by atoms with E-state index in [9.17, 15) is 0 Å². The smallest absolute Gasteiger partial charge is 0.165 e. The van der Waals surface area contributed by atoms with Crippen molar-refractivity contribution >= 4 is 0 Å². The van der Waals surface area contributed by atoms with Gasteiger partial charge in [-0.1, -0.05) is 25.0 Å². The van der Waals surface area contributed by atoms with Crippen molar-refractivity contribution in [1.82, 2.24) is 14.5 Å². The van der Waals surface area contributed by atoms with E-state index >= 15 is 0 Å². The quantitative estimate of drug-likeness (QED) is 0.748. The zero-order valence-corrected chi connectivity index (χ0v) is 16.0. The summed E-state index contributed by atoms with van der Waals surface area (Å²) in [7, 11) is 1.70. The molecule has 1 aliphatic carbocycles.